The molecule has 7 nitrogen and oxygen atoms in total. The number of ether oxygens (including phenoxy) is 1. The van der Waals surface area contributed by atoms with Gasteiger partial charge in [0.25, 0.3) is 0 Å². The number of thioether (sulfide) groups is 1. The molecule has 0 bridgehead atoms. The van der Waals surface area contributed by atoms with Gasteiger partial charge in [-0.1, -0.05) is 17.8 Å². The minimum atomic E-state index is -0.888. The van der Waals surface area contributed by atoms with Crippen LogP contribution in [0.5, 0.6) is 5.75 Å². The number of carbonyl (C=O) groups is 1. The molecular weight excluding hydrogens is 381 g/mol. The van der Waals surface area contributed by atoms with Gasteiger partial charge in [-0.2, -0.15) is 5.26 Å². The molecule has 0 aliphatic heterocycles. The Bertz CT molecular complexity index is 873. The maximum Gasteiger partial charge on any atom is 0.234 e. The molecule has 0 unspecified atom stereocenters. The van der Waals surface area contributed by atoms with Crippen molar-refractivity contribution < 1.29 is 13.9 Å². The third kappa shape index (κ3) is 5.33. The zero-order chi connectivity index (χ0) is 20.7. The van der Waals surface area contributed by atoms with Crippen molar-refractivity contribution in [1.82, 2.24) is 19.7 Å². The SMILES string of the molecule is C=CCn1c(COc2ccc(F)cc2)nnc1SCC(=O)N(C)C(C)(C)C#N. The average molecular weight is 403 g/mol. The Labute approximate surface area is 167 Å². The van der Waals surface area contributed by atoms with Gasteiger partial charge in [0.05, 0.1) is 11.8 Å². The van der Waals surface area contributed by atoms with Gasteiger partial charge in [-0.25, -0.2) is 4.39 Å². The summed E-state index contributed by atoms with van der Waals surface area (Å²) < 4.78 is 20.4. The third-order valence-electron chi connectivity index (χ3n) is 4.10. The van der Waals surface area contributed by atoms with Crippen LogP contribution in [0.25, 0.3) is 0 Å². The molecule has 0 saturated heterocycles. The van der Waals surface area contributed by atoms with E-state index >= 15 is 0 Å². The number of carbonyl (C=O) groups excluding carboxylic acids is 1. The number of amides is 1. The Hall–Kier alpha value is -2.86. The first kappa shape index (κ1) is 21.4. The maximum absolute atomic E-state index is 13.0. The molecule has 0 N–H and O–H groups in total. The molecule has 1 amide bonds. The standard InChI is InChI=1S/C19H22FN5O2S/c1-5-10-25-16(11-27-15-8-6-14(20)7-9-15)22-23-18(25)28-12-17(26)24(4)19(2,3)13-21/h5-9H,1,10-12H2,2-4H3. The van der Waals surface area contributed by atoms with E-state index in [1.165, 1.54) is 40.9 Å². The molecule has 148 valence electrons. The summed E-state index contributed by atoms with van der Waals surface area (Å²) in [4.78, 5) is 13.8. The zero-order valence-electron chi connectivity index (χ0n) is 16.1. The number of aromatic nitrogens is 3. The van der Waals surface area contributed by atoms with Crippen LogP contribution in [0.2, 0.25) is 0 Å². The lowest BCUT2D eigenvalue weighted by atomic mass is 10.1. The van der Waals surface area contributed by atoms with Crippen molar-refractivity contribution in [2.75, 3.05) is 12.8 Å². The van der Waals surface area contributed by atoms with E-state index < -0.39 is 5.54 Å². The first-order valence-corrected chi connectivity index (χ1v) is 9.49. The Morgan fingerprint density at radius 1 is 1.43 bits per heavy atom. The molecule has 0 fully saturated rings. The third-order valence-corrected chi connectivity index (χ3v) is 5.05. The summed E-state index contributed by atoms with van der Waals surface area (Å²) in [6, 6.07) is 7.80. The minimum Gasteiger partial charge on any atom is -0.486 e. The molecule has 2 rings (SSSR count). The van der Waals surface area contributed by atoms with Gasteiger partial charge in [-0.05, 0) is 38.1 Å². The number of allylic oxidation sites excluding steroid dienone is 1. The highest BCUT2D eigenvalue weighted by Gasteiger charge is 2.27. The predicted molar refractivity (Wildman–Crippen MR) is 104 cm³/mol. The number of nitrogens with zero attached hydrogens (tertiary/aromatic N) is 5. The van der Waals surface area contributed by atoms with E-state index in [0.29, 0.717) is 23.3 Å². The summed E-state index contributed by atoms with van der Waals surface area (Å²) in [5.41, 5.74) is -0.888. The monoisotopic (exact) mass is 403 g/mol. The summed E-state index contributed by atoms with van der Waals surface area (Å²) in [5.74, 6) is 0.670. The van der Waals surface area contributed by atoms with E-state index in [9.17, 15) is 9.18 Å². The molecular formula is C19H22FN5O2S. The molecule has 1 heterocycles. The fourth-order valence-electron chi connectivity index (χ4n) is 2.13. The minimum absolute atomic E-state index is 0.121. The van der Waals surface area contributed by atoms with Crippen molar-refractivity contribution in [2.45, 2.75) is 37.7 Å². The van der Waals surface area contributed by atoms with Crippen molar-refractivity contribution >= 4 is 17.7 Å². The molecule has 9 heteroatoms. The second-order valence-corrected chi connectivity index (χ2v) is 7.40. The molecule has 0 saturated carbocycles. The van der Waals surface area contributed by atoms with Crippen LogP contribution < -0.4 is 4.74 Å². The topological polar surface area (TPSA) is 84.0 Å². The van der Waals surface area contributed by atoms with Crippen LogP contribution in [-0.2, 0) is 17.9 Å². The highest BCUT2D eigenvalue weighted by atomic mass is 32.2. The van der Waals surface area contributed by atoms with E-state index in [4.69, 9.17) is 10.00 Å². The van der Waals surface area contributed by atoms with Crippen LogP contribution in [0.15, 0.2) is 42.1 Å². The molecule has 2 aromatic rings. The van der Waals surface area contributed by atoms with Crippen molar-refractivity contribution in [1.29, 1.82) is 5.26 Å². The van der Waals surface area contributed by atoms with Crippen LogP contribution in [0.4, 0.5) is 4.39 Å². The van der Waals surface area contributed by atoms with Crippen LogP contribution in [0.1, 0.15) is 19.7 Å². The molecule has 0 aliphatic carbocycles. The Kier molecular flexibility index (Phi) is 7.18. The number of nitriles is 1. The quantitative estimate of drug-likeness (QED) is 0.473. The lowest BCUT2D eigenvalue weighted by molar-refractivity contribution is -0.130. The molecule has 0 atom stereocenters. The van der Waals surface area contributed by atoms with E-state index in [2.05, 4.69) is 22.8 Å². The van der Waals surface area contributed by atoms with Crippen molar-refractivity contribution in [2.24, 2.45) is 0 Å². The first-order chi connectivity index (χ1) is 13.3. The average Bonchev–Trinajstić information content (AvgIpc) is 3.07. The first-order valence-electron chi connectivity index (χ1n) is 8.50. The maximum atomic E-state index is 13.0. The molecule has 0 radical (unpaired) electrons. The van der Waals surface area contributed by atoms with Gasteiger partial charge in [-0.15, -0.1) is 16.8 Å². The number of halogens is 1. The lowest BCUT2D eigenvalue weighted by Gasteiger charge is -2.28. The van der Waals surface area contributed by atoms with Crippen molar-refractivity contribution in [3.8, 4) is 11.8 Å². The lowest BCUT2D eigenvalue weighted by Crippen LogP contribution is -2.44. The van der Waals surface area contributed by atoms with Crippen LogP contribution >= 0.6 is 11.8 Å². The second kappa shape index (κ2) is 9.37. The van der Waals surface area contributed by atoms with E-state index in [0.717, 1.165) is 0 Å². The zero-order valence-corrected chi connectivity index (χ0v) is 16.9. The van der Waals surface area contributed by atoms with Gasteiger partial charge < -0.3 is 9.64 Å². The normalized spacial score (nSPS) is 11.0. The fraction of sp³-hybridized carbons (Fsp3) is 0.368. The van der Waals surface area contributed by atoms with Crippen molar-refractivity contribution in [3.05, 3.63) is 48.6 Å². The second-order valence-electron chi connectivity index (χ2n) is 6.45. The van der Waals surface area contributed by atoms with Gasteiger partial charge in [0.2, 0.25) is 5.91 Å². The summed E-state index contributed by atoms with van der Waals surface area (Å²) in [6.07, 6.45) is 1.70. The number of hydrogen-bond donors (Lipinski definition) is 0. The van der Waals surface area contributed by atoms with E-state index in [-0.39, 0.29) is 24.1 Å². The Morgan fingerprint density at radius 2 is 2.11 bits per heavy atom. The Morgan fingerprint density at radius 3 is 2.71 bits per heavy atom. The summed E-state index contributed by atoms with van der Waals surface area (Å²) >= 11 is 1.23. The summed E-state index contributed by atoms with van der Waals surface area (Å²) in [6.45, 7) is 7.69. The van der Waals surface area contributed by atoms with Gasteiger partial charge in [0.15, 0.2) is 11.0 Å². The van der Waals surface area contributed by atoms with Gasteiger partial charge in [-0.3, -0.25) is 9.36 Å². The smallest absolute Gasteiger partial charge is 0.234 e. The summed E-state index contributed by atoms with van der Waals surface area (Å²) in [5, 5.41) is 18.0. The van der Waals surface area contributed by atoms with Crippen LogP contribution in [-0.4, -0.2) is 43.9 Å². The fourth-order valence-corrected chi connectivity index (χ4v) is 3.01. The highest BCUT2D eigenvalue weighted by molar-refractivity contribution is 7.99. The molecule has 1 aromatic heterocycles. The van der Waals surface area contributed by atoms with Gasteiger partial charge >= 0.3 is 0 Å². The van der Waals surface area contributed by atoms with Crippen LogP contribution in [0.3, 0.4) is 0 Å². The van der Waals surface area contributed by atoms with Crippen molar-refractivity contribution in [3.63, 3.8) is 0 Å². The number of hydrogen-bond acceptors (Lipinski definition) is 6. The molecule has 28 heavy (non-hydrogen) atoms. The number of rotatable bonds is 9. The molecule has 0 aliphatic rings. The molecule has 1 aromatic carbocycles. The molecule has 0 spiro atoms. The summed E-state index contributed by atoms with van der Waals surface area (Å²) in [7, 11) is 1.60. The largest absolute Gasteiger partial charge is 0.486 e. The Balaban J connectivity index is 2.05. The highest BCUT2D eigenvalue weighted by Crippen LogP contribution is 2.21. The van der Waals surface area contributed by atoms with E-state index in [1.54, 1.807) is 31.5 Å². The van der Waals surface area contributed by atoms with E-state index in [1.807, 2.05) is 0 Å². The predicted octanol–water partition coefficient (Wildman–Crippen LogP) is 3.03. The van der Waals surface area contributed by atoms with Gasteiger partial charge in [0, 0.05) is 13.6 Å². The van der Waals surface area contributed by atoms with Gasteiger partial charge in [0.1, 0.15) is 23.7 Å². The van der Waals surface area contributed by atoms with Crippen LogP contribution in [0, 0.1) is 17.1 Å². The number of benzene rings is 1.